The largest absolute Gasteiger partial charge is 0.491 e. The van der Waals surface area contributed by atoms with E-state index < -0.39 is 11.8 Å². The minimum absolute atomic E-state index is 0.00181. The maximum atomic E-state index is 11.6. The average molecular weight is 258 g/mol. The van der Waals surface area contributed by atoms with Crippen LogP contribution in [0.4, 0.5) is 0 Å². The van der Waals surface area contributed by atoms with Crippen molar-refractivity contribution in [1.82, 2.24) is 10.3 Å². The van der Waals surface area contributed by atoms with Gasteiger partial charge in [0.05, 0.1) is 18.2 Å². The van der Waals surface area contributed by atoms with Crippen LogP contribution in [0.15, 0.2) is 12.3 Å². The molecule has 1 aromatic rings. The number of imide groups is 1. The molecule has 0 aliphatic heterocycles. The van der Waals surface area contributed by atoms with Gasteiger partial charge < -0.3 is 10.5 Å². The van der Waals surface area contributed by atoms with Gasteiger partial charge in [0.2, 0.25) is 5.91 Å². The van der Waals surface area contributed by atoms with Crippen LogP contribution in [0, 0.1) is 0 Å². The van der Waals surface area contributed by atoms with Gasteiger partial charge in [-0.15, -0.1) is 0 Å². The van der Waals surface area contributed by atoms with E-state index in [0.717, 1.165) is 0 Å². The fraction of sp³-hybridized carbons (Fsp3) is 0.300. The lowest BCUT2D eigenvalue weighted by molar-refractivity contribution is -0.118. The Hall–Kier alpha value is -1.66. The predicted molar refractivity (Wildman–Crippen MR) is 61.9 cm³/mol. The van der Waals surface area contributed by atoms with E-state index in [1.165, 1.54) is 12.3 Å². The highest BCUT2D eigenvalue weighted by Gasteiger charge is 2.16. The lowest BCUT2D eigenvalue weighted by Crippen LogP contribution is -2.36. The lowest BCUT2D eigenvalue weighted by Gasteiger charge is -2.08. The van der Waals surface area contributed by atoms with Crippen molar-refractivity contribution in [1.29, 1.82) is 0 Å². The van der Waals surface area contributed by atoms with Crippen molar-refractivity contribution in [3.63, 3.8) is 0 Å². The van der Waals surface area contributed by atoms with Gasteiger partial charge in [0, 0.05) is 12.3 Å². The smallest absolute Gasteiger partial charge is 0.280 e. The van der Waals surface area contributed by atoms with Gasteiger partial charge in [-0.05, 0) is 6.92 Å². The molecule has 2 amide bonds. The molecule has 0 radical (unpaired) electrons. The highest BCUT2D eigenvalue weighted by Crippen LogP contribution is 2.20. The number of carbonyl (C=O) groups is 2. The number of hydrogen-bond acceptors (Lipinski definition) is 5. The van der Waals surface area contributed by atoms with E-state index in [4.69, 9.17) is 22.1 Å². The molecule has 0 saturated carbocycles. The van der Waals surface area contributed by atoms with E-state index in [9.17, 15) is 9.59 Å². The van der Waals surface area contributed by atoms with Gasteiger partial charge in [0.15, 0.2) is 11.4 Å². The molecule has 1 aromatic heterocycles. The van der Waals surface area contributed by atoms with Gasteiger partial charge in [-0.2, -0.15) is 0 Å². The fourth-order valence-electron chi connectivity index (χ4n) is 1.09. The average Bonchev–Trinajstić information content (AvgIpc) is 2.29. The first kappa shape index (κ1) is 13.4. The van der Waals surface area contributed by atoms with Crippen LogP contribution < -0.4 is 15.8 Å². The summed E-state index contributed by atoms with van der Waals surface area (Å²) in [7, 11) is 0. The van der Waals surface area contributed by atoms with Crippen LogP contribution in [-0.2, 0) is 4.79 Å². The zero-order valence-corrected chi connectivity index (χ0v) is 9.95. The molecule has 0 aromatic carbocycles. The number of pyridine rings is 1. The normalized spacial score (nSPS) is 9.82. The van der Waals surface area contributed by atoms with Crippen molar-refractivity contribution >= 4 is 23.4 Å². The van der Waals surface area contributed by atoms with E-state index in [2.05, 4.69) is 10.3 Å². The summed E-state index contributed by atoms with van der Waals surface area (Å²) in [5.74, 6) is -1.03. The quantitative estimate of drug-likeness (QED) is 0.812. The Morgan fingerprint density at radius 2 is 2.29 bits per heavy atom. The summed E-state index contributed by atoms with van der Waals surface area (Å²) in [5, 5.41) is 2.42. The monoisotopic (exact) mass is 257 g/mol. The molecule has 0 bridgehead atoms. The molecule has 0 spiro atoms. The second-order valence-electron chi connectivity index (χ2n) is 3.01. The van der Waals surface area contributed by atoms with Gasteiger partial charge in [-0.25, -0.2) is 4.98 Å². The molecule has 0 aliphatic carbocycles. The fourth-order valence-corrected chi connectivity index (χ4v) is 1.24. The zero-order chi connectivity index (χ0) is 12.8. The van der Waals surface area contributed by atoms with Gasteiger partial charge in [0.25, 0.3) is 5.91 Å². The number of nitrogens with two attached hydrogens (primary N) is 1. The van der Waals surface area contributed by atoms with Crippen molar-refractivity contribution in [2.75, 3.05) is 13.2 Å². The van der Waals surface area contributed by atoms with E-state index in [-0.39, 0.29) is 18.0 Å². The molecule has 0 saturated heterocycles. The summed E-state index contributed by atoms with van der Waals surface area (Å²) < 4.78 is 5.20. The molecule has 0 unspecified atom stereocenters. The molecule has 0 fully saturated rings. The SMILES string of the molecule is CCOc1cc(Cl)cnc1C(=O)NC(=O)CN. The van der Waals surface area contributed by atoms with Crippen molar-refractivity contribution < 1.29 is 14.3 Å². The van der Waals surface area contributed by atoms with Crippen LogP contribution in [0.25, 0.3) is 0 Å². The highest BCUT2D eigenvalue weighted by molar-refractivity contribution is 6.30. The van der Waals surface area contributed by atoms with Crippen molar-refractivity contribution in [3.8, 4) is 5.75 Å². The van der Waals surface area contributed by atoms with E-state index >= 15 is 0 Å². The molecule has 0 aliphatic rings. The van der Waals surface area contributed by atoms with Gasteiger partial charge in [-0.3, -0.25) is 14.9 Å². The third kappa shape index (κ3) is 3.69. The van der Waals surface area contributed by atoms with Crippen LogP contribution in [0.2, 0.25) is 5.02 Å². The standard InChI is InChI=1S/C10H12ClN3O3/c1-2-17-7-3-6(11)5-13-9(7)10(16)14-8(15)4-12/h3,5H,2,4,12H2,1H3,(H,14,15,16). The first-order valence-electron chi connectivity index (χ1n) is 4.91. The molecular weight excluding hydrogens is 246 g/mol. The first-order chi connectivity index (χ1) is 8.08. The summed E-state index contributed by atoms with van der Waals surface area (Å²) in [5.41, 5.74) is 5.08. The van der Waals surface area contributed by atoms with E-state index in [1.54, 1.807) is 6.92 Å². The Kier molecular flexibility index (Phi) is 4.86. The second-order valence-corrected chi connectivity index (χ2v) is 3.45. The predicted octanol–water partition coefficient (Wildman–Crippen LogP) is 0.349. The maximum Gasteiger partial charge on any atom is 0.280 e. The zero-order valence-electron chi connectivity index (χ0n) is 9.20. The molecule has 1 heterocycles. The molecule has 92 valence electrons. The molecule has 17 heavy (non-hydrogen) atoms. The number of amides is 2. The number of aromatic nitrogens is 1. The number of carbonyl (C=O) groups excluding carboxylic acids is 2. The maximum absolute atomic E-state index is 11.6. The number of hydrogen-bond donors (Lipinski definition) is 2. The van der Waals surface area contributed by atoms with Crippen LogP contribution >= 0.6 is 11.6 Å². The lowest BCUT2D eigenvalue weighted by atomic mass is 10.3. The number of nitrogens with one attached hydrogen (secondary N) is 1. The Morgan fingerprint density at radius 1 is 1.59 bits per heavy atom. The number of halogens is 1. The molecule has 6 nitrogen and oxygen atoms in total. The second kappa shape index (κ2) is 6.17. The molecule has 1 rings (SSSR count). The van der Waals surface area contributed by atoms with Crippen LogP contribution in [-0.4, -0.2) is 29.9 Å². The third-order valence-electron chi connectivity index (χ3n) is 1.77. The number of ether oxygens (including phenoxy) is 1. The minimum atomic E-state index is -0.666. The van der Waals surface area contributed by atoms with Crippen molar-refractivity contribution in [2.45, 2.75) is 6.92 Å². The van der Waals surface area contributed by atoms with Crippen LogP contribution in [0.5, 0.6) is 5.75 Å². The summed E-state index contributed by atoms with van der Waals surface area (Å²) in [6.45, 7) is 1.84. The van der Waals surface area contributed by atoms with Crippen molar-refractivity contribution in [2.24, 2.45) is 5.73 Å². The van der Waals surface area contributed by atoms with Gasteiger partial charge in [0.1, 0.15) is 0 Å². The molecule has 3 N–H and O–H groups in total. The topological polar surface area (TPSA) is 94.3 Å². The molecule has 0 atom stereocenters. The Balaban J connectivity index is 2.95. The van der Waals surface area contributed by atoms with Crippen LogP contribution in [0.1, 0.15) is 17.4 Å². The Morgan fingerprint density at radius 3 is 2.88 bits per heavy atom. The summed E-state index contributed by atoms with van der Waals surface area (Å²) >= 11 is 5.73. The van der Waals surface area contributed by atoms with E-state index in [1.807, 2.05) is 0 Å². The van der Waals surface area contributed by atoms with Crippen LogP contribution in [0.3, 0.4) is 0 Å². The van der Waals surface area contributed by atoms with Crippen molar-refractivity contribution in [3.05, 3.63) is 23.0 Å². The van der Waals surface area contributed by atoms with E-state index in [0.29, 0.717) is 11.6 Å². The highest BCUT2D eigenvalue weighted by atomic mass is 35.5. The Bertz CT molecular complexity index is 437. The first-order valence-corrected chi connectivity index (χ1v) is 5.28. The number of nitrogens with zero attached hydrogens (tertiary/aromatic N) is 1. The summed E-state index contributed by atoms with van der Waals surface area (Å²) in [6, 6.07) is 1.46. The molecule has 7 heteroatoms. The minimum Gasteiger partial charge on any atom is -0.491 e. The number of rotatable bonds is 4. The summed E-state index contributed by atoms with van der Waals surface area (Å²) in [4.78, 5) is 26.4. The third-order valence-corrected chi connectivity index (χ3v) is 1.98. The molecular formula is C10H12ClN3O3. The van der Waals surface area contributed by atoms with Gasteiger partial charge >= 0.3 is 0 Å². The Labute approximate surface area is 103 Å². The summed E-state index contributed by atoms with van der Waals surface area (Å²) in [6.07, 6.45) is 1.30. The van der Waals surface area contributed by atoms with Gasteiger partial charge in [-0.1, -0.05) is 11.6 Å².